The van der Waals surface area contributed by atoms with E-state index in [4.69, 9.17) is 4.52 Å². The van der Waals surface area contributed by atoms with Gasteiger partial charge < -0.3 is 9.84 Å². The largest absolute Gasteiger partial charge is 0.327 e. The van der Waals surface area contributed by atoms with Crippen molar-refractivity contribution in [3.05, 3.63) is 59.7 Å². The maximum atomic E-state index is 12.1. The van der Waals surface area contributed by atoms with Gasteiger partial charge in [0, 0.05) is 16.8 Å². The number of hydrogen-bond donors (Lipinski definition) is 1. The number of Topliss-reactive ketones (excluding diaryl/α,β-unsaturated/α-hetero) is 1. The van der Waals surface area contributed by atoms with Crippen LogP contribution in [-0.2, 0) is 4.79 Å². The summed E-state index contributed by atoms with van der Waals surface area (Å²) >= 11 is 1.16. The molecule has 7 heteroatoms. The molecule has 3 rings (SSSR count). The van der Waals surface area contributed by atoms with Crippen molar-refractivity contribution in [2.45, 2.75) is 19.1 Å². The quantitative estimate of drug-likeness (QED) is 0.524. The molecule has 132 valence electrons. The van der Waals surface area contributed by atoms with E-state index in [0.29, 0.717) is 22.3 Å². The van der Waals surface area contributed by atoms with E-state index in [1.165, 1.54) is 6.92 Å². The van der Waals surface area contributed by atoms with Crippen LogP contribution in [-0.4, -0.2) is 27.6 Å². The number of carbonyl (C=O) groups is 2. The summed E-state index contributed by atoms with van der Waals surface area (Å²) in [6, 6.07) is 14.6. The number of aromatic nitrogens is 2. The fraction of sp³-hybridized carbons (Fsp3) is 0.158. The Bertz CT molecular complexity index is 935. The lowest BCUT2D eigenvalue weighted by Crippen LogP contribution is -2.14. The predicted molar refractivity (Wildman–Crippen MR) is 100 cm³/mol. The lowest BCUT2D eigenvalue weighted by atomic mass is 10.1. The Morgan fingerprint density at radius 2 is 1.92 bits per heavy atom. The standard InChI is InChI=1S/C19H17N3O3S/c1-12-6-8-14(9-7-12)18-21-19(25-22-18)26-11-17(24)20-16-5-3-4-15(10-16)13(2)23/h3-10H,11H2,1-2H3,(H,20,24). The monoisotopic (exact) mass is 367 g/mol. The van der Waals surface area contributed by atoms with Gasteiger partial charge in [-0.2, -0.15) is 4.98 Å². The molecular weight excluding hydrogens is 350 g/mol. The van der Waals surface area contributed by atoms with Crippen molar-refractivity contribution in [1.29, 1.82) is 0 Å². The van der Waals surface area contributed by atoms with E-state index in [-0.39, 0.29) is 17.4 Å². The van der Waals surface area contributed by atoms with Crippen LogP contribution in [0, 0.1) is 6.92 Å². The van der Waals surface area contributed by atoms with Gasteiger partial charge >= 0.3 is 0 Å². The maximum absolute atomic E-state index is 12.1. The number of nitrogens with one attached hydrogen (secondary N) is 1. The Labute approximate surface area is 155 Å². The first-order valence-electron chi connectivity index (χ1n) is 7.95. The van der Waals surface area contributed by atoms with E-state index in [9.17, 15) is 9.59 Å². The molecule has 0 aliphatic rings. The summed E-state index contributed by atoms with van der Waals surface area (Å²) in [5.41, 5.74) is 3.14. The summed E-state index contributed by atoms with van der Waals surface area (Å²) in [5, 5.41) is 7.01. The van der Waals surface area contributed by atoms with Gasteiger partial charge in [-0.05, 0) is 26.0 Å². The summed E-state index contributed by atoms with van der Waals surface area (Å²) in [6.07, 6.45) is 0. The van der Waals surface area contributed by atoms with Crippen molar-refractivity contribution < 1.29 is 14.1 Å². The number of ketones is 1. The molecule has 1 aromatic heterocycles. The summed E-state index contributed by atoms with van der Waals surface area (Å²) in [6.45, 7) is 3.49. The Morgan fingerprint density at radius 3 is 2.65 bits per heavy atom. The molecule has 1 amide bonds. The Hall–Kier alpha value is -2.93. The highest BCUT2D eigenvalue weighted by atomic mass is 32.2. The van der Waals surface area contributed by atoms with Gasteiger partial charge in [-0.3, -0.25) is 9.59 Å². The molecule has 0 aliphatic heterocycles. The van der Waals surface area contributed by atoms with E-state index >= 15 is 0 Å². The van der Waals surface area contributed by atoms with Crippen molar-refractivity contribution in [2.75, 3.05) is 11.1 Å². The molecule has 0 saturated carbocycles. The van der Waals surface area contributed by atoms with Crippen LogP contribution in [0.4, 0.5) is 5.69 Å². The minimum absolute atomic E-state index is 0.0510. The van der Waals surface area contributed by atoms with Crippen LogP contribution >= 0.6 is 11.8 Å². The number of thioether (sulfide) groups is 1. The highest BCUT2D eigenvalue weighted by Gasteiger charge is 2.12. The van der Waals surface area contributed by atoms with Crippen LogP contribution in [0.1, 0.15) is 22.8 Å². The minimum Gasteiger partial charge on any atom is -0.327 e. The average molecular weight is 367 g/mol. The number of rotatable bonds is 6. The van der Waals surface area contributed by atoms with Gasteiger partial charge in [0.05, 0.1) is 5.75 Å². The number of nitrogens with zero attached hydrogens (tertiary/aromatic N) is 2. The molecule has 0 aliphatic carbocycles. The topological polar surface area (TPSA) is 85.1 Å². The van der Waals surface area contributed by atoms with Crippen LogP contribution in [0.2, 0.25) is 0 Å². The molecule has 0 saturated heterocycles. The summed E-state index contributed by atoms with van der Waals surface area (Å²) in [4.78, 5) is 27.7. The number of amides is 1. The first-order chi connectivity index (χ1) is 12.5. The molecule has 0 spiro atoms. The minimum atomic E-state index is -0.217. The number of anilines is 1. The van der Waals surface area contributed by atoms with Gasteiger partial charge in [0.15, 0.2) is 5.78 Å². The fourth-order valence-corrected chi connectivity index (χ4v) is 2.80. The molecule has 6 nitrogen and oxygen atoms in total. The van der Waals surface area contributed by atoms with Crippen molar-refractivity contribution >= 4 is 29.1 Å². The highest BCUT2D eigenvalue weighted by Crippen LogP contribution is 2.22. The number of aryl methyl sites for hydroxylation is 1. The summed E-state index contributed by atoms with van der Waals surface area (Å²) in [7, 11) is 0. The third kappa shape index (κ3) is 4.58. The SMILES string of the molecule is CC(=O)c1cccc(NC(=O)CSc2nc(-c3ccc(C)cc3)no2)c1. The van der Waals surface area contributed by atoms with Gasteiger partial charge in [-0.1, -0.05) is 58.9 Å². The summed E-state index contributed by atoms with van der Waals surface area (Å²) in [5.74, 6) is 0.345. The lowest BCUT2D eigenvalue weighted by molar-refractivity contribution is -0.113. The van der Waals surface area contributed by atoms with Crippen molar-refractivity contribution in [3.8, 4) is 11.4 Å². The second-order valence-corrected chi connectivity index (χ2v) is 6.65. The van der Waals surface area contributed by atoms with Crippen LogP contribution in [0.15, 0.2) is 58.3 Å². The van der Waals surface area contributed by atoms with Gasteiger partial charge in [0.1, 0.15) is 0 Å². The molecule has 3 aromatic rings. The lowest BCUT2D eigenvalue weighted by Gasteiger charge is -2.05. The van der Waals surface area contributed by atoms with Crippen LogP contribution in [0.25, 0.3) is 11.4 Å². The van der Waals surface area contributed by atoms with Gasteiger partial charge in [-0.25, -0.2) is 0 Å². The smallest absolute Gasteiger partial charge is 0.286 e. The molecule has 0 unspecified atom stereocenters. The van der Waals surface area contributed by atoms with Crippen LogP contribution in [0.3, 0.4) is 0 Å². The van der Waals surface area contributed by atoms with Crippen molar-refractivity contribution in [1.82, 2.24) is 10.1 Å². The molecule has 0 bridgehead atoms. The molecule has 1 N–H and O–H groups in total. The molecule has 26 heavy (non-hydrogen) atoms. The second-order valence-electron chi connectivity index (χ2n) is 5.72. The third-order valence-corrected chi connectivity index (χ3v) is 4.42. The average Bonchev–Trinajstić information content (AvgIpc) is 3.10. The van der Waals surface area contributed by atoms with E-state index in [1.807, 2.05) is 31.2 Å². The van der Waals surface area contributed by atoms with E-state index in [2.05, 4.69) is 15.5 Å². The highest BCUT2D eigenvalue weighted by molar-refractivity contribution is 7.99. The number of benzene rings is 2. The molecule has 0 atom stereocenters. The molecular formula is C19H17N3O3S. The molecule has 0 fully saturated rings. The summed E-state index contributed by atoms with van der Waals surface area (Å²) < 4.78 is 5.18. The third-order valence-electron chi connectivity index (χ3n) is 3.60. The van der Waals surface area contributed by atoms with Gasteiger partial charge in [-0.15, -0.1) is 0 Å². The number of hydrogen-bond acceptors (Lipinski definition) is 6. The normalized spacial score (nSPS) is 10.5. The van der Waals surface area contributed by atoms with Crippen LogP contribution < -0.4 is 5.32 Å². The Kier molecular flexibility index (Phi) is 5.48. The molecule has 1 heterocycles. The Morgan fingerprint density at radius 1 is 1.15 bits per heavy atom. The van der Waals surface area contributed by atoms with Crippen molar-refractivity contribution in [2.24, 2.45) is 0 Å². The van der Waals surface area contributed by atoms with E-state index in [0.717, 1.165) is 22.9 Å². The molecule has 2 aromatic carbocycles. The van der Waals surface area contributed by atoms with E-state index in [1.54, 1.807) is 24.3 Å². The maximum Gasteiger partial charge on any atom is 0.286 e. The zero-order valence-electron chi connectivity index (χ0n) is 14.4. The zero-order valence-corrected chi connectivity index (χ0v) is 15.2. The fourth-order valence-electron chi connectivity index (χ4n) is 2.23. The first-order valence-corrected chi connectivity index (χ1v) is 8.94. The zero-order chi connectivity index (χ0) is 18.5. The predicted octanol–water partition coefficient (Wildman–Crippen LogP) is 3.98. The Balaban J connectivity index is 1.57. The van der Waals surface area contributed by atoms with Crippen LogP contribution in [0.5, 0.6) is 0 Å². The van der Waals surface area contributed by atoms with Gasteiger partial charge in [0.25, 0.3) is 5.22 Å². The molecule has 0 radical (unpaired) electrons. The van der Waals surface area contributed by atoms with Gasteiger partial charge in [0.2, 0.25) is 11.7 Å². The first kappa shape index (κ1) is 17.9. The number of carbonyl (C=O) groups excluding carboxylic acids is 2. The van der Waals surface area contributed by atoms with Crippen molar-refractivity contribution in [3.63, 3.8) is 0 Å². The second kappa shape index (κ2) is 7.97. The van der Waals surface area contributed by atoms with E-state index < -0.39 is 0 Å².